The summed E-state index contributed by atoms with van der Waals surface area (Å²) in [5, 5.41) is 3.50. The number of benzene rings is 2. The van der Waals surface area contributed by atoms with Gasteiger partial charge in [-0.25, -0.2) is 4.98 Å². The van der Waals surface area contributed by atoms with Gasteiger partial charge in [-0.3, -0.25) is 0 Å². The summed E-state index contributed by atoms with van der Waals surface area (Å²) >= 11 is 0. The highest BCUT2D eigenvalue weighted by molar-refractivity contribution is 5.79. The lowest BCUT2D eigenvalue weighted by Gasteiger charge is -2.13. The molecule has 3 aromatic rings. The number of anilines is 1. The molecule has 1 unspecified atom stereocenters. The molecule has 3 heteroatoms. The zero-order valence-electron chi connectivity index (χ0n) is 12.6. The first kappa shape index (κ1) is 13.7. The summed E-state index contributed by atoms with van der Waals surface area (Å²) in [6.45, 7) is 5.22. The first-order chi connectivity index (χ1) is 10.2. The highest BCUT2D eigenvalue weighted by Crippen LogP contribution is 2.20. The van der Waals surface area contributed by atoms with E-state index in [2.05, 4.69) is 70.7 Å². The van der Waals surface area contributed by atoms with Crippen LogP contribution in [0.2, 0.25) is 0 Å². The number of aromatic nitrogens is 2. The highest BCUT2D eigenvalue weighted by atomic mass is 14.9. The number of hydrogen-bond donors (Lipinski definition) is 2. The Balaban J connectivity index is 1.59. The van der Waals surface area contributed by atoms with Crippen LogP contribution in [0.3, 0.4) is 0 Å². The number of nitrogens with zero attached hydrogens (tertiary/aromatic N) is 1. The molecule has 3 nitrogen and oxygen atoms in total. The molecule has 0 aliphatic rings. The smallest absolute Gasteiger partial charge is 0.104 e. The van der Waals surface area contributed by atoms with E-state index in [0.29, 0.717) is 5.92 Å². The lowest BCUT2D eigenvalue weighted by Crippen LogP contribution is -2.05. The Hall–Kier alpha value is -2.29. The quantitative estimate of drug-likeness (QED) is 0.723. The minimum absolute atomic E-state index is 0.567. The molecular formula is C18H21N3. The molecule has 3 rings (SSSR count). The molecule has 21 heavy (non-hydrogen) atoms. The van der Waals surface area contributed by atoms with Gasteiger partial charge in [0, 0.05) is 12.2 Å². The maximum absolute atomic E-state index is 4.42. The number of hydrogen-bond acceptors (Lipinski definition) is 2. The SMILES string of the molecule is Cc1nc2ccc(NCCC(C)c3ccccc3)cc2[nH]1. The van der Waals surface area contributed by atoms with Gasteiger partial charge in [0.1, 0.15) is 5.82 Å². The van der Waals surface area contributed by atoms with Crippen LogP contribution in [0.5, 0.6) is 0 Å². The molecular weight excluding hydrogens is 258 g/mol. The van der Waals surface area contributed by atoms with Crippen molar-refractivity contribution in [1.29, 1.82) is 0 Å². The largest absolute Gasteiger partial charge is 0.385 e. The van der Waals surface area contributed by atoms with E-state index in [4.69, 9.17) is 0 Å². The maximum atomic E-state index is 4.42. The molecule has 1 heterocycles. The third-order valence-electron chi connectivity index (χ3n) is 3.88. The summed E-state index contributed by atoms with van der Waals surface area (Å²) < 4.78 is 0. The van der Waals surface area contributed by atoms with Crippen molar-refractivity contribution in [1.82, 2.24) is 9.97 Å². The third kappa shape index (κ3) is 3.24. The normalized spacial score (nSPS) is 12.5. The zero-order valence-corrected chi connectivity index (χ0v) is 12.6. The Morgan fingerprint density at radius 3 is 2.76 bits per heavy atom. The van der Waals surface area contributed by atoms with Gasteiger partial charge in [-0.1, -0.05) is 37.3 Å². The molecule has 0 spiro atoms. The number of nitrogens with one attached hydrogen (secondary N) is 2. The molecule has 0 aliphatic carbocycles. The molecule has 1 atom stereocenters. The van der Waals surface area contributed by atoms with E-state index in [-0.39, 0.29) is 0 Å². The van der Waals surface area contributed by atoms with E-state index in [1.165, 1.54) is 5.56 Å². The monoisotopic (exact) mass is 279 g/mol. The molecule has 0 fully saturated rings. The van der Waals surface area contributed by atoms with Gasteiger partial charge in [-0.05, 0) is 43.0 Å². The fourth-order valence-electron chi connectivity index (χ4n) is 2.63. The van der Waals surface area contributed by atoms with Crippen molar-refractivity contribution in [2.45, 2.75) is 26.2 Å². The summed E-state index contributed by atoms with van der Waals surface area (Å²) in [7, 11) is 0. The Labute approximate surface area is 125 Å². The summed E-state index contributed by atoms with van der Waals surface area (Å²) in [6, 6.07) is 17.0. The minimum atomic E-state index is 0.567. The van der Waals surface area contributed by atoms with E-state index < -0.39 is 0 Å². The van der Waals surface area contributed by atoms with Gasteiger partial charge in [-0.15, -0.1) is 0 Å². The van der Waals surface area contributed by atoms with Crippen LogP contribution in [0.25, 0.3) is 11.0 Å². The average molecular weight is 279 g/mol. The molecule has 108 valence electrons. The van der Waals surface area contributed by atoms with Gasteiger partial charge in [0.05, 0.1) is 11.0 Å². The maximum Gasteiger partial charge on any atom is 0.104 e. The first-order valence-electron chi connectivity index (χ1n) is 7.47. The second-order valence-corrected chi connectivity index (χ2v) is 5.58. The number of imidazole rings is 1. The fraction of sp³-hybridized carbons (Fsp3) is 0.278. The molecule has 0 aliphatic heterocycles. The van der Waals surface area contributed by atoms with Crippen LogP contribution in [-0.4, -0.2) is 16.5 Å². The van der Waals surface area contributed by atoms with Crippen molar-refractivity contribution in [3.05, 3.63) is 59.9 Å². The van der Waals surface area contributed by atoms with Crippen LogP contribution < -0.4 is 5.32 Å². The molecule has 1 aromatic heterocycles. The van der Waals surface area contributed by atoms with Gasteiger partial charge >= 0.3 is 0 Å². The molecule has 0 amide bonds. The molecule has 0 bridgehead atoms. The van der Waals surface area contributed by atoms with Crippen molar-refractivity contribution in [2.75, 3.05) is 11.9 Å². The average Bonchev–Trinajstić information content (AvgIpc) is 2.87. The molecule has 2 N–H and O–H groups in total. The molecule has 0 radical (unpaired) electrons. The number of aromatic amines is 1. The van der Waals surface area contributed by atoms with Gasteiger partial charge in [-0.2, -0.15) is 0 Å². The lowest BCUT2D eigenvalue weighted by atomic mass is 9.98. The summed E-state index contributed by atoms with van der Waals surface area (Å²) in [6.07, 6.45) is 1.12. The summed E-state index contributed by atoms with van der Waals surface area (Å²) in [5.41, 5.74) is 4.66. The van der Waals surface area contributed by atoms with Gasteiger partial charge in [0.25, 0.3) is 0 Å². The second-order valence-electron chi connectivity index (χ2n) is 5.58. The van der Waals surface area contributed by atoms with Crippen LogP contribution in [-0.2, 0) is 0 Å². The topological polar surface area (TPSA) is 40.7 Å². The Morgan fingerprint density at radius 2 is 1.95 bits per heavy atom. The number of H-pyrrole nitrogens is 1. The van der Waals surface area contributed by atoms with Crippen LogP contribution in [0, 0.1) is 6.92 Å². The van der Waals surface area contributed by atoms with E-state index in [0.717, 1.165) is 35.5 Å². The van der Waals surface area contributed by atoms with Crippen molar-refractivity contribution >= 4 is 16.7 Å². The van der Waals surface area contributed by atoms with Crippen molar-refractivity contribution < 1.29 is 0 Å². The van der Waals surface area contributed by atoms with Crippen LogP contribution in [0.1, 0.15) is 30.7 Å². The number of fused-ring (bicyclic) bond motifs is 1. The van der Waals surface area contributed by atoms with Crippen molar-refractivity contribution in [3.63, 3.8) is 0 Å². The number of aryl methyl sites for hydroxylation is 1. The third-order valence-corrected chi connectivity index (χ3v) is 3.88. The van der Waals surface area contributed by atoms with Crippen LogP contribution in [0.15, 0.2) is 48.5 Å². The van der Waals surface area contributed by atoms with Gasteiger partial charge in [0.2, 0.25) is 0 Å². The van der Waals surface area contributed by atoms with E-state index in [1.54, 1.807) is 0 Å². The van der Waals surface area contributed by atoms with Crippen molar-refractivity contribution in [3.8, 4) is 0 Å². The Morgan fingerprint density at radius 1 is 1.14 bits per heavy atom. The van der Waals surface area contributed by atoms with E-state index in [1.807, 2.05) is 6.92 Å². The zero-order chi connectivity index (χ0) is 14.7. The highest BCUT2D eigenvalue weighted by Gasteiger charge is 2.05. The van der Waals surface area contributed by atoms with Gasteiger partial charge in [0.15, 0.2) is 0 Å². The lowest BCUT2D eigenvalue weighted by molar-refractivity contribution is 0.706. The fourth-order valence-corrected chi connectivity index (χ4v) is 2.63. The first-order valence-corrected chi connectivity index (χ1v) is 7.47. The van der Waals surface area contributed by atoms with E-state index in [9.17, 15) is 0 Å². The Kier molecular flexibility index (Phi) is 3.91. The van der Waals surface area contributed by atoms with Crippen LogP contribution >= 0.6 is 0 Å². The molecule has 2 aromatic carbocycles. The summed E-state index contributed by atoms with van der Waals surface area (Å²) in [4.78, 5) is 7.69. The standard InChI is InChI=1S/C18H21N3/c1-13(15-6-4-3-5-7-15)10-11-19-16-8-9-17-18(12-16)21-14(2)20-17/h3-9,12-13,19H,10-11H2,1-2H3,(H,20,21). The molecule has 0 saturated heterocycles. The molecule has 0 saturated carbocycles. The van der Waals surface area contributed by atoms with E-state index >= 15 is 0 Å². The summed E-state index contributed by atoms with van der Waals surface area (Å²) in [5.74, 6) is 1.52. The number of rotatable bonds is 5. The minimum Gasteiger partial charge on any atom is -0.385 e. The van der Waals surface area contributed by atoms with Gasteiger partial charge < -0.3 is 10.3 Å². The Bertz CT molecular complexity index is 716. The second kappa shape index (κ2) is 6.00. The predicted octanol–water partition coefficient (Wildman–Crippen LogP) is 4.48. The van der Waals surface area contributed by atoms with Crippen LogP contribution in [0.4, 0.5) is 5.69 Å². The predicted molar refractivity (Wildman–Crippen MR) is 88.8 cm³/mol. The van der Waals surface area contributed by atoms with Crippen molar-refractivity contribution in [2.24, 2.45) is 0 Å².